The van der Waals surface area contributed by atoms with Gasteiger partial charge in [0.15, 0.2) is 11.6 Å². The Morgan fingerprint density at radius 3 is 2.83 bits per heavy atom. The number of nitrogens with two attached hydrogens (primary N) is 1. The number of carbonyl (C=O) groups is 2. The second-order valence-electron chi connectivity index (χ2n) is 7.58. The van der Waals surface area contributed by atoms with Gasteiger partial charge in [-0.3, -0.25) is 9.59 Å². The largest absolute Gasteiger partial charge is 0.366 e. The molecule has 2 atom stereocenters. The molecule has 1 saturated carbocycles. The number of benzene rings is 1. The zero-order valence-electron chi connectivity index (χ0n) is 17.0. The van der Waals surface area contributed by atoms with Crippen molar-refractivity contribution in [2.24, 2.45) is 11.7 Å². The summed E-state index contributed by atoms with van der Waals surface area (Å²) in [7, 11) is 0. The van der Waals surface area contributed by atoms with Crippen molar-refractivity contribution in [3.8, 4) is 0 Å². The third-order valence-corrected chi connectivity index (χ3v) is 5.71. The van der Waals surface area contributed by atoms with Gasteiger partial charge in [0.05, 0.1) is 6.20 Å². The normalized spacial score (nSPS) is 18.5. The highest BCUT2D eigenvalue weighted by Crippen LogP contribution is 2.32. The summed E-state index contributed by atoms with van der Waals surface area (Å²) in [5.41, 5.74) is 7.38. The van der Waals surface area contributed by atoms with Crippen LogP contribution in [0.25, 0.3) is 0 Å². The van der Waals surface area contributed by atoms with Gasteiger partial charge in [-0.05, 0) is 49.5 Å². The number of halogens is 1. The predicted molar refractivity (Wildman–Crippen MR) is 119 cm³/mol. The van der Waals surface area contributed by atoms with E-state index in [9.17, 15) is 9.59 Å². The number of amides is 1. The Bertz CT molecular complexity index is 963. The van der Waals surface area contributed by atoms with E-state index in [1.54, 1.807) is 18.2 Å². The fourth-order valence-electron chi connectivity index (χ4n) is 3.72. The second-order valence-corrected chi connectivity index (χ2v) is 7.99. The number of nitrogens with zero attached hydrogens (tertiary/aromatic N) is 2. The van der Waals surface area contributed by atoms with Crippen LogP contribution in [0.3, 0.4) is 0 Å². The predicted octanol–water partition coefficient (Wildman–Crippen LogP) is 4.40. The third-order valence-electron chi connectivity index (χ3n) is 5.43. The lowest BCUT2D eigenvalue weighted by Crippen LogP contribution is -2.34. The van der Waals surface area contributed by atoms with Crippen LogP contribution < -0.4 is 16.4 Å². The number of aromatic nitrogens is 2. The molecule has 0 radical (unpaired) electrons. The molecule has 0 spiro atoms. The highest BCUT2D eigenvalue weighted by Gasteiger charge is 2.27. The van der Waals surface area contributed by atoms with Crippen LogP contribution in [-0.4, -0.2) is 27.7 Å². The average molecular weight is 428 g/mol. The molecule has 0 aliphatic heterocycles. The molecule has 1 aliphatic carbocycles. The highest BCUT2D eigenvalue weighted by molar-refractivity contribution is 6.32. The van der Waals surface area contributed by atoms with E-state index < -0.39 is 5.91 Å². The van der Waals surface area contributed by atoms with Crippen LogP contribution in [0.2, 0.25) is 5.02 Å². The number of hydrogen-bond acceptors (Lipinski definition) is 6. The summed E-state index contributed by atoms with van der Waals surface area (Å²) in [6.07, 6.45) is 7.49. The summed E-state index contributed by atoms with van der Waals surface area (Å²) >= 11 is 6.34. The number of allylic oxidation sites excluding steroid dienone is 1. The molecule has 1 aromatic carbocycles. The molecular weight excluding hydrogens is 402 g/mol. The zero-order valence-corrected chi connectivity index (χ0v) is 17.7. The first-order valence-corrected chi connectivity index (χ1v) is 10.4. The van der Waals surface area contributed by atoms with Gasteiger partial charge in [0.1, 0.15) is 5.02 Å². The molecule has 0 unspecified atom stereocenters. The molecule has 30 heavy (non-hydrogen) atoms. The number of primary amides is 1. The van der Waals surface area contributed by atoms with Crippen LogP contribution in [0.5, 0.6) is 0 Å². The van der Waals surface area contributed by atoms with E-state index in [4.69, 9.17) is 17.3 Å². The fourth-order valence-corrected chi connectivity index (χ4v) is 3.86. The number of anilines is 3. The van der Waals surface area contributed by atoms with Crippen LogP contribution in [0.15, 0.2) is 37.1 Å². The number of rotatable bonds is 8. The molecule has 2 aromatic rings. The van der Waals surface area contributed by atoms with Crippen molar-refractivity contribution in [1.82, 2.24) is 9.97 Å². The summed E-state index contributed by atoms with van der Waals surface area (Å²) in [6, 6.07) is 5.25. The zero-order chi connectivity index (χ0) is 21.7. The Morgan fingerprint density at radius 1 is 1.33 bits per heavy atom. The van der Waals surface area contributed by atoms with Crippen molar-refractivity contribution in [2.75, 3.05) is 10.6 Å². The SMILES string of the molecule is C=CC(=O)C[C@H]1CCCC[C@@H]1Nc1nc(Nc2cc(C(N)=O)ccc2C)ncc1Cl. The van der Waals surface area contributed by atoms with Gasteiger partial charge in [-0.15, -0.1) is 0 Å². The first-order chi connectivity index (χ1) is 14.4. The number of hydrogen-bond donors (Lipinski definition) is 3. The molecule has 4 N–H and O–H groups in total. The minimum atomic E-state index is -0.505. The second kappa shape index (κ2) is 9.71. The molecule has 7 nitrogen and oxygen atoms in total. The molecule has 1 aliphatic rings. The van der Waals surface area contributed by atoms with Gasteiger partial charge in [-0.2, -0.15) is 4.98 Å². The first kappa shape index (κ1) is 21.8. The highest BCUT2D eigenvalue weighted by atomic mass is 35.5. The number of nitrogens with one attached hydrogen (secondary N) is 2. The molecule has 8 heteroatoms. The Hall–Kier alpha value is -2.93. The molecule has 3 rings (SSSR count). The van der Waals surface area contributed by atoms with E-state index in [-0.39, 0.29) is 17.7 Å². The lowest BCUT2D eigenvalue weighted by atomic mass is 9.81. The molecule has 1 heterocycles. The molecule has 158 valence electrons. The topological polar surface area (TPSA) is 110 Å². The Balaban J connectivity index is 1.80. The molecular formula is C22H26ClN5O2. The van der Waals surface area contributed by atoms with E-state index in [1.807, 2.05) is 6.92 Å². The van der Waals surface area contributed by atoms with Gasteiger partial charge >= 0.3 is 0 Å². The molecule has 1 amide bonds. The Labute approximate surface area is 181 Å². The van der Waals surface area contributed by atoms with Crippen molar-refractivity contribution in [1.29, 1.82) is 0 Å². The van der Waals surface area contributed by atoms with Crippen molar-refractivity contribution in [3.63, 3.8) is 0 Å². The molecule has 0 saturated heterocycles. The monoisotopic (exact) mass is 427 g/mol. The summed E-state index contributed by atoms with van der Waals surface area (Å²) in [4.78, 5) is 32.1. The van der Waals surface area contributed by atoms with Crippen molar-refractivity contribution < 1.29 is 9.59 Å². The lowest BCUT2D eigenvalue weighted by Gasteiger charge is -2.32. The number of aryl methyl sites for hydroxylation is 1. The number of carbonyl (C=O) groups excluding carboxylic acids is 2. The summed E-state index contributed by atoms with van der Waals surface area (Å²) in [5.74, 6) is 0.618. The summed E-state index contributed by atoms with van der Waals surface area (Å²) in [6.45, 7) is 5.48. The van der Waals surface area contributed by atoms with Gasteiger partial charge in [0.2, 0.25) is 11.9 Å². The lowest BCUT2D eigenvalue weighted by molar-refractivity contribution is -0.115. The molecule has 1 aromatic heterocycles. The van der Waals surface area contributed by atoms with Gasteiger partial charge < -0.3 is 16.4 Å². The summed E-state index contributed by atoms with van der Waals surface area (Å²) in [5, 5.41) is 6.95. The van der Waals surface area contributed by atoms with Crippen LogP contribution in [-0.2, 0) is 4.79 Å². The minimum Gasteiger partial charge on any atom is -0.366 e. The van der Waals surface area contributed by atoms with Gasteiger partial charge in [0, 0.05) is 23.7 Å². The molecule has 0 bridgehead atoms. The standard InChI is InChI=1S/C22H26ClN5O2/c1-3-16(29)10-14-6-4-5-7-18(14)26-21-17(23)12-25-22(28-21)27-19-11-15(20(24)30)9-8-13(19)2/h3,8-9,11-12,14,18H,1,4-7,10H2,2H3,(H2,24,30)(H2,25,26,27,28)/t14-,18+/m1/s1. The van der Waals surface area contributed by atoms with E-state index >= 15 is 0 Å². The van der Waals surface area contributed by atoms with Gasteiger partial charge in [0.25, 0.3) is 0 Å². The van der Waals surface area contributed by atoms with Gasteiger partial charge in [-0.25, -0.2) is 4.98 Å². The van der Waals surface area contributed by atoms with E-state index in [2.05, 4.69) is 27.2 Å². The fraction of sp³-hybridized carbons (Fsp3) is 0.364. The Morgan fingerprint density at radius 2 is 2.10 bits per heavy atom. The number of ketones is 1. The van der Waals surface area contributed by atoms with Crippen molar-refractivity contribution >= 4 is 40.7 Å². The van der Waals surface area contributed by atoms with Crippen LogP contribution in [0, 0.1) is 12.8 Å². The van der Waals surface area contributed by atoms with Crippen LogP contribution in [0.4, 0.5) is 17.5 Å². The van der Waals surface area contributed by atoms with Crippen molar-refractivity contribution in [2.45, 2.75) is 45.1 Å². The summed E-state index contributed by atoms with van der Waals surface area (Å²) < 4.78 is 0. The van der Waals surface area contributed by atoms with E-state index in [0.29, 0.717) is 34.5 Å². The third kappa shape index (κ3) is 5.36. The minimum absolute atomic E-state index is 0.0506. The van der Waals surface area contributed by atoms with E-state index in [0.717, 1.165) is 31.2 Å². The maximum absolute atomic E-state index is 11.9. The van der Waals surface area contributed by atoms with E-state index in [1.165, 1.54) is 12.3 Å². The smallest absolute Gasteiger partial charge is 0.248 e. The average Bonchev–Trinajstić information content (AvgIpc) is 2.73. The maximum Gasteiger partial charge on any atom is 0.248 e. The van der Waals surface area contributed by atoms with Crippen LogP contribution >= 0.6 is 11.6 Å². The maximum atomic E-state index is 11.9. The molecule has 1 fully saturated rings. The van der Waals surface area contributed by atoms with Gasteiger partial charge in [-0.1, -0.05) is 37.1 Å². The quantitative estimate of drug-likeness (QED) is 0.538. The van der Waals surface area contributed by atoms with Crippen molar-refractivity contribution in [3.05, 3.63) is 53.2 Å². The Kier molecular flexibility index (Phi) is 7.05. The first-order valence-electron chi connectivity index (χ1n) is 9.99. The van der Waals surface area contributed by atoms with Crippen LogP contribution in [0.1, 0.15) is 48.0 Å².